The van der Waals surface area contributed by atoms with Crippen molar-refractivity contribution in [2.45, 2.75) is 26.1 Å². The highest BCUT2D eigenvalue weighted by Gasteiger charge is 2.35. The van der Waals surface area contributed by atoms with Crippen LogP contribution >= 0.6 is 0 Å². The number of alkyl halides is 3. The fraction of sp³-hybridized carbons (Fsp3) is 0.294. The summed E-state index contributed by atoms with van der Waals surface area (Å²) in [5.41, 5.74) is 2.57. The maximum atomic E-state index is 13.2. The van der Waals surface area contributed by atoms with E-state index in [4.69, 9.17) is 0 Å². The molecule has 2 aromatic rings. The van der Waals surface area contributed by atoms with Gasteiger partial charge in [0, 0.05) is 0 Å². The summed E-state index contributed by atoms with van der Waals surface area (Å²) in [6.07, 6.45) is -4.36. The second-order valence-corrected chi connectivity index (χ2v) is 5.23. The van der Waals surface area contributed by atoms with E-state index in [0.29, 0.717) is 0 Å². The second-order valence-electron chi connectivity index (χ2n) is 5.23. The molecule has 2 aromatic carbocycles. The molecule has 1 atom stereocenters. The summed E-state index contributed by atoms with van der Waals surface area (Å²) in [6, 6.07) is 11.1. The van der Waals surface area contributed by atoms with Crippen molar-refractivity contribution in [3.8, 4) is 0 Å². The largest absolute Gasteiger partial charge is 0.416 e. The Hall–Kier alpha value is -1.81. The highest BCUT2D eigenvalue weighted by molar-refractivity contribution is 5.41. The average molecular weight is 293 g/mol. The molecule has 0 aliphatic heterocycles. The summed E-state index contributed by atoms with van der Waals surface area (Å²) < 4.78 is 39.6. The van der Waals surface area contributed by atoms with E-state index in [1.165, 1.54) is 12.1 Å². The standard InChI is InChI=1S/C17H18F3N/c1-11-8-12(2)10-13(9-11)16(21-3)14-6-4-5-7-15(14)17(18,19)20/h4-10,16,21H,1-3H3. The average Bonchev–Trinajstić information content (AvgIpc) is 2.38. The van der Waals surface area contributed by atoms with Crippen LogP contribution in [0.5, 0.6) is 0 Å². The van der Waals surface area contributed by atoms with Gasteiger partial charge in [-0.1, -0.05) is 47.5 Å². The smallest absolute Gasteiger partial charge is 0.309 e. The molecule has 0 saturated carbocycles. The SMILES string of the molecule is CNC(c1cc(C)cc(C)c1)c1ccccc1C(F)(F)F. The first-order valence-corrected chi connectivity index (χ1v) is 6.74. The lowest BCUT2D eigenvalue weighted by Crippen LogP contribution is -2.22. The van der Waals surface area contributed by atoms with E-state index in [1.807, 2.05) is 32.0 Å². The maximum absolute atomic E-state index is 13.2. The van der Waals surface area contributed by atoms with Crippen molar-refractivity contribution >= 4 is 0 Å². The third-order valence-corrected chi connectivity index (χ3v) is 3.44. The molecular formula is C17H18F3N. The van der Waals surface area contributed by atoms with Gasteiger partial charge in [-0.15, -0.1) is 0 Å². The molecule has 1 N–H and O–H groups in total. The lowest BCUT2D eigenvalue weighted by atomic mass is 9.92. The predicted octanol–water partition coefficient (Wildman–Crippen LogP) is 4.63. The van der Waals surface area contributed by atoms with Crippen LogP contribution in [0.25, 0.3) is 0 Å². The van der Waals surface area contributed by atoms with Gasteiger partial charge in [-0.2, -0.15) is 13.2 Å². The molecule has 0 aliphatic carbocycles. The quantitative estimate of drug-likeness (QED) is 0.870. The van der Waals surface area contributed by atoms with Crippen molar-refractivity contribution in [2.24, 2.45) is 0 Å². The third-order valence-electron chi connectivity index (χ3n) is 3.44. The second kappa shape index (κ2) is 5.90. The van der Waals surface area contributed by atoms with Crippen molar-refractivity contribution in [1.29, 1.82) is 0 Å². The molecule has 0 aromatic heterocycles. The Labute approximate surface area is 122 Å². The van der Waals surface area contributed by atoms with Crippen molar-refractivity contribution in [3.05, 3.63) is 70.3 Å². The fourth-order valence-electron chi connectivity index (χ4n) is 2.69. The zero-order valence-corrected chi connectivity index (χ0v) is 12.3. The number of hydrogen-bond acceptors (Lipinski definition) is 1. The van der Waals surface area contributed by atoms with Gasteiger partial charge in [0.25, 0.3) is 0 Å². The minimum absolute atomic E-state index is 0.248. The Morgan fingerprint density at radius 3 is 2.05 bits per heavy atom. The van der Waals surface area contributed by atoms with Crippen LogP contribution in [-0.4, -0.2) is 7.05 Å². The summed E-state index contributed by atoms with van der Waals surface area (Å²) in [4.78, 5) is 0. The van der Waals surface area contributed by atoms with Crippen LogP contribution < -0.4 is 5.32 Å². The Bertz CT molecular complexity index is 612. The summed E-state index contributed by atoms with van der Waals surface area (Å²) >= 11 is 0. The van der Waals surface area contributed by atoms with E-state index < -0.39 is 17.8 Å². The van der Waals surface area contributed by atoms with Gasteiger partial charge in [0.1, 0.15) is 0 Å². The number of hydrogen-bond donors (Lipinski definition) is 1. The zero-order valence-electron chi connectivity index (χ0n) is 12.3. The molecular weight excluding hydrogens is 275 g/mol. The van der Waals surface area contributed by atoms with Gasteiger partial charge < -0.3 is 5.32 Å². The number of halogens is 3. The molecule has 0 saturated heterocycles. The molecule has 0 spiro atoms. The van der Waals surface area contributed by atoms with Gasteiger partial charge in [-0.3, -0.25) is 0 Å². The van der Waals surface area contributed by atoms with Gasteiger partial charge in [0.15, 0.2) is 0 Å². The first-order valence-electron chi connectivity index (χ1n) is 6.74. The van der Waals surface area contributed by atoms with Gasteiger partial charge in [-0.25, -0.2) is 0 Å². The van der Waals surface area contributed by atoms with E-state index in [1.54, 1.807) is 13.1 Å². The molecule has 4 heteroatoms. The van der Waals surface area contributed by atoms with E-state index in [9.17, 15) is 13.2 Å². The molecule has 2 rings (SSSR count). The van der Waals surface area contributed by atoms with E-state index >= 15 is 0 Å². The highest BCUT2D eigenvalue weighted by Crippen LogP contribution is 2.36. The molecule has 0 bridgehead atoms. The normalized spacial score (nSPS) is 13.2. The van der Waals surface area contributed by atoms with Gasteiger partial charge >= 0.3 is 6.18 Å². The number of aryl methyl sites for hydroxylation is 2. The molecule has 0 amide bonds. The predicted molar refractivity (Wildman–Crippen MR) is 78.3 cm³/mol. The van der Waals surface area contributed by atoms with Crippen LogP contribution in [0.15, 0.2) is 42.5 Å². The van der Waals surface area contributed by atoms with Crippen LogP contribution in [0.2, 0.25) is 0 Å². The van der Waals surface area contributed by atoms with Crippen molar-refractivity contribution in [3.63, 3.8) is 0 Å². The summed E-state index contributed by atoms with van der Waals surface area (Å²) in [5.74, 6) is 0. The van der Waals surface area contributed by atoms with Crippen LogP contribution in [0.1, 0.15) is 33.9 Å². The number of nitrogens with one attached hydrogen (secondary N) is 1. The summed E-state index contributed by atoms with van der Waals surface area (Å²) in [7, 11) is 1.68. The monoisotopic (exact) mass is 293 g/mol. The van der Waals surface area contributed by atoms with Gasteiger partial charge in [0.2, 0.25) is 0 Å². The Kier molecular flexibility index (Phi) is 4.37. The van der Waals surface area contributed by atoms with Crippen LogP contribution in [0, 0.1) is 13.8 Å². The zero-order chi connectivity index (χ0) is 15.6. The summed E-state index contributed by atoms with van der Waals surface area (Å²) in [5, 5.41) is 3.00. The minimum Gasteiger partial charge on any atom is -0.309 e. The molecule has 0 heterocycles. The molecule has 0 aliphatic rings. The highest BCUT2D eigenvalue weighted by atomic mass is 19.4. The first kappa shape index (κ1) is 15.6. The van der Waals surface area contributed by atoms with Crippen LogP contribution in [0.3, 0.4) is 0 Å². The number of benzene rings is 2. The maximum Gasteiger partial charge on any atom is 0.416 e. The van der Waals surface area contributed by atoms with Crippen molar-refractivity contribution in [2.75, 3.05) is 7.05 Å². The lowest BCUT2D eigenvalue weighted by Gasteiger charge is -2.22. The van der Waals surface area contributed by atoms with Crippen LogP contribution in [-0.2, 0) is 6.18 Å². The number of rotatable bonds is 3. The Balaban J connectivity index is 2.57. The van der Waals surface area contributed by atoms with E-state index in [0.717, 1.165) is 22.8 Å². The fourth-order valence-corrected chi connectivity index (χ4v) is 2.69. The summed E-state index contributed by atoms with van der Waals surface area (Å²) in [6.45, 7) is 3.89. The van der Waals surface area contributed by atoms with Crippen molar-refractivity contribution in [1.82, 2.24) is 5.32 Å². The molecule has 112 valence electrons. The Morgan fingerprint density at radius 2 is 1.52 bits per heavy atom. The first-order chi connectivity index (χ1) is 9.82. The molecule has 1 nitrogen and oxygen atoms in total. The van der Waals surface area contributed by atoms with Gasteiger partial charge in [0.05, 0.1) is 11.6 Å². The van der Waals surface area contributed by atoms with E-state index in [-0.39, 0.29) is 5.56 Å². The molecule has 0 radical (unpaired) electrons. The Morgan fingerprint density at radius 1 is 0.952 bits per heavy atom. The minimum atomic E-state index is -4.36. The van der Waals surface area contributed by atoms with E-state index in [2.05, 4.69) is 5.32 Å². The molecule has 21 heavy (non-hydrogen) atoms. The molecule has 0 fully saturated rings. The van der Waals surface area contributed by atoms with Crippen LogP contribution in [0.4, 0.5) is 13.2 Å². The van der Waals surface area contributed by atoms with Crippen molar-refractivity contribution < 1.29 is 13.2 Å². The topological polar surface area (TPSA) is 12.0 Å². The third kappa shape index (κ3) is 3.45. The molecule has 1 unspecified atom stereocenters. The van der Waals surface area contributed by atoms with Gasteiger partial charge in [-0.05, 0) is 38.1 Å². The lowest BCUT2D eigenvalue weighted by molar-refractivity contribution is -0.138.